The lowest BCUT2D eigenvalue weighted by Gasteiger charge is -2.27. The molecule has 2 rings (SSSR count). The Morgan fingerprint density at radius 1 is 1.19 bits per heavy atom. The number of ether oxygens (including phenoxy) is 1. The Labute approximate surface area is 127 Å². The molecule has 120 valence electrons. The number of hydrogen-bond acceptors (Lipinski definition) is 5. The summed E-state index contributed by atoms with van der Waals surface area (Å²) >= 11 is 0. The number of methoxy groups -OCH3 is 1. The normalized spacial score (nSPS) is 21.4. The molecule has 0 amide bonds. The minimum atomic E-state index is -0.506. The molecule has 3 unspecified atom stereocenters. The first-order valence-electron chi connectivity index (χ1n) is 8.09. The summed E-state index contributed by atoms with van der Waals surface area (Å²) in [4.78, 5) is 4.54. The van der Waals surface area contributed by atoms with E-state index in [1.807, 2.05) is 0 Å². The zero-order valence-electron chi connectivity index (χ0n) is 13.6. The van der Waals surface area contributed by atoms with Gasteiger partial charge in [-0.1, -0.05) is 38.3 Å². The van der Waals surface area contributed by atoms with Gasteiger partial charge in [0.15, 0.2) is 0 Å². The Kier molecular flexibility index (Phi) is 5.76. The Hall–Kier alpha value is -0.940. The van der Waals surface area contributed by atoms with E-state index in [2.05, 4.69) is 24.0 Å². The first-order chi connectivity index (χ1) is 10.0. The molecule has 0 spiro atoms. The van der Waals surface area contributed by atoms with Gasteiger partial charge >= 0.3 is 0 Å². The first kappa shape index (κ1) is 16.4. The predicted molar refractivity (Wildman–Crippen MR) is 79.9 cm³/mol. The van der Waals surface area contributed by atoms with Gasteiger partial charge in [-0.3, -0.25) is 0 Å². The molecular formula is C16H28N2O3. The van der Waals surface area contributed by atoms with E-state index >= 15 is 0 Å². The van der Waals surface area contributed by atoms with Gasteiger partial charge in [0.25, 0.3) is 0 Å². The van der Waals surface area contributed by atoms with Crippen LogP contribution in [-0.2, 0) is 4.74 Å². The van der Waals surface area contributed by atoms with Gasteiger partial charge < -0.3 is 14.4 Å². The van der Waals surface area contributed by atoms with E-state index in [1.54, 1.807) is 14.0 Å². The van der Waals surface area contributed by atoms with Crippen LogP contribution in [-0.4, -0.2) is 28.5 Å². The van der Waals surface area contributed by atoms with Crippen LogP contribution in [0.15, 0.2) is 4.52 Å². The molecule has 1 aliphatic rings. The molecular weight excluding hydrogens is 268 g/mol. The summed E-state index contributed by atoms with van der Waals surface area (Å²) in [6.45, 7) is 5.87. The molecule has 0 aliphatic heterocycles. The molecule has 0 saturated heterocycles. The highest BCUT2D eigenvalue weighted by molar-refractivity contribution is 5.01. The van der Waals surface area contributed by atoms with Gasteiger partial charge in [0.1, 0.15) is 6.10 Å². The van der Waals surface area contributed by atoms with E-state index in [0.717, 1.165) is 12.8 Å². The third-order valence-corrected chi connectivity index (χ3v) is 4.57. The summed E-state index contributed by atoms with van der Waals surface area (Å²) < 4.78 is 11.1. The number of hydrogen-bond donors (Lipinski definition) is 1. The monoisotopic (exact) mass is 296 g/mol. The van der Waals surface area contributed by atoms with Crippen molar-refractivity contribution >= 4 is 0 Å². The third kappa shape index (κ3) is 3.83. The number of aliphatic hydroxyl groups excluding tert-OH is 1. The maximum atomic E-state index is 9.93. The molecule has 0 bridgehead atoms. The smallest absolute Gasteiger partial charge is 0.232 e. The minimum absolute atomic E-state index is 0.0930. The quantitative estimate of drug-likeness (QED) is 0.870. The molecule has 21 heavy (non-hydrogen) atoms. The minimum Gasteiger partial charge on any atom is -0.393 e. The summed E-state index contributed by atoms with van der Waals surface area (Å²) in [6, 6.07) is 0. The van der Waals surface area contributed by atoms with Gasteiger partial charge in [-0.2, -0.15) is 4.98 Å². The van der Waals surface area contributed by atoms with Crippen LogP contribution >= 0.6 is 0 Å². The van der Waals surface area contributed by atoms with Crippen molar-refractivity contribution in [2.75, 3.05) is 7.11 Å². The van der Waals surface area contributed by atoms with Crippen LogP contribution in [0.3, 0.4) is 0 Å². The fourth-order valence-electron chi connectivity index (χ4n) is 3.49. The Balaban J connectivity index is 2.16. The van der Waals surface area contributed by atoms with Crippen LogP contribution in [0.5, 0.6) is 0 Å². The standard InChI is InChI=1S/C16H28N2O3/c1-10(2)13(11(3)19)16-17-15(18-21-16)14(20-4)12-8-6-5-7-9-12/h10-14,19H,5-9H2,1-4H3. The zero-order valence-corrected chi connectivity index (χ0v) is 13.6. The second kappa shape index (κ2) is 7.36. The van der Waals surface area contributed by atoms with E-state index in [9.17, 15) is 5.11 Å². The highest BCUT2D eigenvalue weighted by Gasteiger charge is 2.32. The molecule has 1 fully saturated rings. The van der Waals surface area contributed by atoms with Crippen LogP contribution in [0.1, 0.15) is 76.6 Å². The summed E-state index contributed by atoms with van der Waals surface area (Å²) in [5.41, 5.74) is 0. The summed E-state index contributed by atoms with van der Waals surface area (Å²) in [5.74, 6) is 1.74. The van der Waals surface area contributed by atoms with Crippen molar-refractivity contribution in [3.63, 3.8) is 0 Å². The average molecular weight is 296 g/mol. The van der Waals surface area contributed by atoms with Crippen molar-refractivity contribution < 1.29 is 14.4 Å². The van der Waals surface area contributed by atoms with Crippen molar-refractivity contribution in [2.24, 2.45) is 11.8 Å². The summed E-state index contributed by atoms with van der Waals surface area (Å²) in [7, 11) is 1.71. The molecule has 3 atom stereocenters. The van der Waals surface area contributed by atoms with E-state index < -0.39 is 6.10 Å². The van der Waals surface area contributed by atoms with Crippen LogP contribution in [0.25, 0.3) is 0 Å². The molecule has 1 aliphatic carbocycles. The van der Waals surface area contributed by atoms with Crippen molar-refractivity contribution in [1.82, 2.24) is 10.1 Å². The molecule has 1 heterocycles. The molecule has 5 heteroatoms. The highest BCUT2D eigenvalue weighted by Crippen LogP contribution is 2.36. The average Bonchev–Trinajstić information content (AvgIpc) is 2.89. The highest BCUT2D eigenvalue weighted by atomic mass is 16.5. The number of aliphatic hydroxyl groups is 1. The van der Waals surface area contributed by atoms with E-state index in [0.29, 0.717) is 17.6 Å². The molecule has 1 aromatic heterocycles. The Bertz CT molecular complexity index is 417. The molecule has 1 aromatic rings. The maximum Gasteiger partial charge on any atom is 0.232 e. The summed E-state index contributed by atoms with van der Waals surface area (Å²) in [6.07, 6.45) is 5.52. The lowest BCUT2D eigenvalue weighted by Crippen LogP contribution is -2.21. The SMILES string of the molecule is COC(c1noc(C(C(C)C)C(C)O)n1)C1CCCCC1. The van der Waals surface area contributed by atoms with Crippen molar-refractivity contribution in [3.05, 3.63) is 11.7 Å². The second-order valence-corrected chi connectivity index (χ2v) is 6.56. The molecule has 1 N–H and O–H groups in total. The molecule has 0 radical (unpaired) electrons. The van der Waals surface area contributed by atoms with Gasteiger partial charge in [-0.25, -0.2) is 0 Å². The fraction of sp³-hybridized carbons (Fsp3) is 0.875. The van der Waals surface area contributed by atoms with Crippen molar-refractivity contribution in [3.8, 4) is 0 Å². The van der Waals surface area contributed by atoms with Crippen LogP contribution < -0.4 is 0 Å². The van der Waals surface area contributed by atoms with Crippen molar-refractivity contribution in [1.29, 1.82) is 0 Å². The third-order valence-electron chi connectivity index (χ3n) is 4.57. The molecule has 0 aromatic carbocycles. The van der Waals surface area contributed by atoms with Crippen LogP contribution in [0, 0.1) is 11.8 Å². The zero-order chi connectivity index (χ0) is 15.4. The van der Waals surface area contributed by atoms with E-state index in [-0.39, 0.29) is 17.9 Å². The molecule has 5 nitrogen and oxygen atoms in total. The van der Waals surface area contributed by atoms with Gasteiger partial charge in [0.05, 0.1) is 12.0 Å². The number of aromatic nitrogens is 2. The lowest BCUT2D eigenvalue weighted by molar-refractivity contribution is 0.0273. The number of nitrogens with zero attached hydrogens (tertiary/aromatic N) is 2. The summed E-state index contributed by atoms with van der Waals surface area (Å²) in [5, 5.41) is 14.1. The molecule has 1 saturated carbocycles. The van der Waals surface area contributed by atoms with Gasteiger partial charge in [-0.05, 0) is 31.6 Å². The Morgan fingerprint density at radius 3 is 2.38 bits per heavy atom. The van der Waals surface area contributed by atoms with Gasteiger partial charge in [0.2, 0.25) is 11.7 Å². The van der Waals surface area contributed by atoms with Crippen LogP contribution in [0.4, 0.5) is 0 Å². The van der Waals surface area contributed by atoms with E-state index in [1.165, 1.54) is 19.3 Å². The largest absolute Gasteiger partial charge is 0.393 e. The Morgan fingerprint density at radius 2 is 1.86 bits per heavy atom. The maximum absolute atomic E-state index is 9.93. The van der Waals surface area contributed by atoms with Gasteiger partial charge in [0, 0.05) is 7.11 Å². The topological polar surface area (TPSA) is 68.4 Å². The predicted octanol–water partition coefficient (Wildman–Crippen LogP) is 3.46. The van der Waals surface area contributed by atoms with Crippen LogP contribution in [0.2, 0.25) is 0 Å². The second-order valence-electron chi connectivity index (χ2n) is 6.56. The fourth-order valence-corrected chi connectivity index (χ4v) is 3.49. The van der Waals surface area contributed by atoms with E-state index in [4.69, 9.17) is 9.26 Å². The first-order valence-corrected chi connectivity index (χ1v) is 8.09. The lowest BCUT2D eigenvalue weighted by atomic mass is 9.85. The van der Waals surface area contributed by atoms with Gasteiger partial charge in [-0.15, -0.1) is 0 Å². The van der Waals surface area contributed by atoms with Crippen molar-refractivity contribution in [2.45, 2.75) is 71.0 Å². The number of rotatable bonds is 6.